The highest BCUT2D eigenvalue weighted by molar-refractivity contribution is 6.29. The van der Waals surface area contributed by atoms with Crippen LogP contribution in [-0.2, 0) is 0 Å². The molecule has 5 nitrogen and oxygen atoms in total. The van der Waals surface area contributed by atoms with Gasteiger partial charge in [-0.1, -0.05) is 206 Å². The average Bonchev–Trinajstić information content (AvgIpc) is 4.01. The van der Waals surface area contributed by atoms with Crippen LogP contribution in [0.1, 0.15) is 17.9 Å². The van der Waals surface area contributed by atoms with Gasteiger partial charge >= 0.3 is 0 Å². The zero-order valence-corrected chi connectivity index (χ0v) is 40.4. The predicted octanol–water partition coefficient (Wildman–Crippen LogP) is 17.7. The molecule has 0 saturated heterocycles. The molecule has 10 aromatic carbocycles. The van der Waals surface area contributed by atoms with Gasteiger partial charge in [0.2, 0.25) is 0 Å². The summed E-state index contributed by atoms with van der Waals surface area (Å²) in [5.41, 5.74) is 17.3. The summed E-state index contributed by atoms with van der Waals surface area (Å²) in [5.74, 6) is 2.06. The van der Waals surface area contributed by atoms with E-state index < -0.39 is 0 Å². The molecule has 13 aromatic rings. The Kier molecular flexibility index (Phi) is 10.6. The Morgan fingerprint density at radius 2 is 0.784 bits per heavy atom. The van der Waals surface area contributed by atoms with Crippen LogP contribution in [0.25, 0.3) is 123 Å². The van der Waals surface area contributed by atoms with E-state index in [0.717, 1.165) is 78.9 Å². The van der Waals surface area contributed by atoms with Gasteiger partial charge in [-0.05, 0) is 94.9 Å². The van der Waals surface area contributed by atoms with Crippen molar-refractivity contribution >= 4 is 43.6 Å². The topological polar surface area (TPSA) is 48.5 Å². The van der Waals surface area contributed by atoms with E-state index in [1.807, 2.05) is 18.2 Å². The van der Waals surface area contributed by atoms with Gasteiger partial charge in [-0.15, -0.1) is 0 Å². The van der Waals surface area contributed by atoms with Gasteiger partial charge in [0, 0.05) is 61.0 Å². The molecule has 0 amide bonds. The highest BCUT2D eigenvalue weighted by Gasteiger charge is 2.26. The minimum atomic E-state index is 0.228. The summed E-state index contributed by atoms with van der Waals surface area (Å²) < 4.78 is 4.92. The van der Waals surface area contributed by atoms with E-state index in [4.69, 9.17) is 15.0 Å². The van der Waals surface area contributed by atoms with Crippen LogP contribution in [-0.4, -0.2) is 24.1 Å². The largest absolute Gasteiger partial charge is 0.309 e. The van der Waals surface area contributed by atoms with E-state index in [1.54, 1.807) is 0 Å². The number of benzene rings is 10. The third-order valence-corrected chi connectivity index (χ3v) is 14.6. The second-order valence-corrected chi connectivity index (χ2v) is 19.1. The second kappa shape index (κ2) is 18.2. The third kappa shape index (κ3) is 7.44. The minimum absolute atomic E-state index is 0.228. The molecular formula is C69H47N5. The van der Waals surface area contributed by atoms with E-state index in [1.165, 1.54) is 38.1 Å². The van der Waals surface area contributed by atoms with Crippen LogP contribution < -0.4 is 0 Å². The summed E-state index contributed by atoms with van der Waals surface area (Å²) in [4.78, 5) is 16.2. The predicted molar refractivity (Wildman–Crippen MR) is 307 cm³/mol. The molecule has 0 radical (unpaired) electrons. The maximum absolute atomic E-state index is 5.51. The standard InChI is InChI=1S/C69H47N5/c1-7-23-46(24-8-1)51-41-52(47-25-9-2-10-26-47)43-53(42-51)68-70-67(50-31-15-5-16-32-50)71-69(72-68)54-44-58(48-27-11-3-12-28-48)66(59(45-54)49-29-13-4-14-30-49)74-61-38-22-20-36-57(61)65-63(74)40-39-62-64(65)56-35-19-21-37-60(56)73(62)55-33-17-6-18-34-55/h1-25,27-45,47H,26H2. The summed E-state index contributed by atoms with van der Waals surface area (Å²) in [6.45, 7) is 0. The average molecular weight is 946 g/mol. The monoisotopic (exact) mass is 945 g/mol. The third-order valence-electron chi connectivity index (χ3n) is 14.6. The van der Waals surface area contributed by atoms with Crippen LogP contribution >= 0.6 is 0 Å². The Labute approximate surface area is 429 Å². The number of aromatic nitrogens is 5. The van der Waals surface area contributed by atoms with Crippen molar-refractivity contribution in [3.63, 3.8) is 0 Å². The lowest BCUT2D eigenvalue weighted by molar-refractivity contribution is 0.854. The Morgan fingerprint density at radius 3 is 1.34 bits per heavy atom. The van der Waals surface area contributed by atoms with Gasteiger partial charge in [0.1, 0.15) is 0 Å². The van der Waals surface area contributed by atoms with E-state index in [9.17, 15) is 0 Å². The molecule has 0 aliphatic heterocycles. The molecule has 0 spiro atoms. The quantitative estimate of drug-likeness (QED) is 0.145. The smallest absolute Gasteiger partial charge is 0.164 e. The van der Waals surface area contributed by atoms with Crippen molar-refractivity contribution in [2.75, 3.05) is 0 Å². The molecule has 1 aliphatic carbocycles. The Balaban J connectivity index is 1.06. The first-order valence-corrected chi connectivity index (χ1v) is 25.4. The maximum atomic E-state index is 5.51. The lowest BCUT2D eigenvalue weighted by atomic mass is 9.88. The van der Waals surface area contributed by atoms with Gasteiger partial charge < -0.3 is 9.13 Å². The van der Waals surface area contributed by atoms with Crippen molar-refractivity contribution in [2.24, 2.45) is 0 Å². The van der Waals surface area contributed by atoms with Crippen LogP contribution in [0, 0.1) is 0 Å². The molecule has 3 aromatic heterocycles. The van der Waals surface area contributed by atoms with Crippen LogP contribution in [0.15, 0.2) is 267 Å². The highest BCUT2D eigenvalue weighted by Crippen LogP contribution is 2.47. The normalized spacial score (nSPS) is 13.4. The molecule has 1 atom stereocenters. The van der Waals surface area contributed by atoms with Crippen LogP contribution in [0.2, 0.25) is 0 Å². The number of hydrogen-bond donors (Lipinski definition) is 0. The molecule has 5 heteroatoms. The van der Waals surface area contributed by atoms with E-state index in [2.05, 4.69) is 258 Å². The highest BCUT2D eigenvalue weighted by atomic mass is 15.0. The number of hydrogen-bond acceptors (Lipinski definition) is 3. The molecule has 74 heavy (non-hydrogen) atoms. The van der Waals surface area contributed by atoms with Gasteiger partial charge in [0.25, 0.3) is 0 Å². The molecule has 348 valence electrons. The molecule has 0 saturated carbocycles. The molecule has 1 unspecified atom stereocenters. The Morgan fingerprint density at radius 1 is 0.338 bits per heavy atom. The fraction of sp³-hybridized carbons (Fsp3) is 0.0290. The van der Waals surface area contributed by atoms with Crippen LogP contribution in [0.4, 0.5) is 0 Å². The summed E-state index contributed by atoms with van der Waals surface area (Å²) in [7, 11) is 0. The number of nitrogens with zero attached hydrogens (tertiary/aromatic N) is 5. The molecule has 0 fully saturated rings. The Hall–Kier alpha value is -9.71. The van der Waals surface area contributed by atoms with Crippen molar-refractivity contribution in [3.8, 4) is 78.9 Å². The van der Waals surface area contributed by atoms with Gasteiger partial charge in [-0.3, -0.25) is 0 Å². The van der Waals surface area contributed by atoms with Crippen LogP contribution in [0.5, 0.6) is 0 Å². The molecule has 0 N–H and O–H groups in total. The van der Waals surface area contributed by atoms with E-state index in [0.29, 0.717) is 17.5 Å². The summed E-state index contributed by atoms with van der Waals surface area (Å²) in [5, 5.41) is 4.86. The van der Waals surface area contributed by atoms with Gasteiger partial charge in [0.05, 0.1) is 27.8 Å². The molecule has 14 rings (SSSR count). The van der Waals surface area contributed by atoms with E-state index >= 15 is 0 Å². The number of fused-ring (bicyclic) bond motifs is 7. The van der Waals surface area contributed by atoms with Crippen molar-refractivity contribution in [1.29, 1.82) is 0 Å². The van der Waals surface area contributed by atoms with Gasteiger partial charge in [-0.25, -0.2) is 15.0 Å². The number of rotatable bonds is 9. The number of allylic oxidation sites excluding steroid dienone is 4. The van der Waals surface area contributed by atoms with Crippen molar-refractivity contribution < 1.29 is 0 Å². The van der Waals surface area contributed by atoms with Crippen molar-refractivity contribution in [1.82, 2.24) is 24.1 Å². The Bertz CT molecular complexity index is 4250. The first-order valence-electron chi connectivity index (χ1n) is 25.4. The van der Waals surface area contributed by atoms with E-state index in [-0.39, 0.29) is 5.92 Å². The zero-order chi connectivity index (χ0) is 49.0. The molecule has 0 bridgehead atoms. The van der Waals surface area contributed by atoms with Gasteiger partial charge in [-0.2, -0.15) is 0 Å². The fourth-order valence-corrected chi connectivity index (χ4v) is 11.3. The lowest BCUT2D eigenvalue weighted by Gasteiger charge is -2.21. The maximum Gasteiger partial charge on any atom is 0.164 e. The zero-order valence-electron chi connectivity index (χ0n) is 40.4. The molecule has 3 heterocycles. The second-order valence-electron chi connectivity index (χ2n) is 19.1. The first kappa shape index (κ1) is 43.1. The molecule has 1 aliphatic rings. The number of para-hydroxylation sites is 3. The van der Waals surface area contributed by atoms with Crippen molar-refractivity contribution in [2.45, 2.75) is 12.3 Å². The van der Waals surface area contributed by atoms with Crippen molar-refractivity contribution in [3.05, 3.63) is 273 Å². The van der Waals surface area contributed by atoms with Crippen LogP contribution in [0.3, 0.4) is 0 Å². The first-order chi connectivity index (χ1) is 36.7. The summed E-state index contributed by atoms with van der Waals surface area (Å²) >= 11 is 0. The SMILES string of the molecule is C1=CCC(c2cc(-c3ccccc3)cc(-c3nc(-c4ccccc4)nc(-c4cc(-c5ccccc5)c(-n5c6ccccc6c6c7c8ccccc8n(-c8ccccc8)c7ccc65)c(-c5ccccc5)c4)n3)c2)C=C1. The minimum Gasteiger partial charge on any atom is -0.309 e. The fourth-order valence-electron chi connectivity index (χ4n) is 11.3. The summed E-state index contributed by atoms with van der Waals surface area (Å²) in [6, 6.07) is 87.0. The lowest BCUT2D eigenvalue weighted by Crippen LogP contribution is -2.04. The summed E-state index contributed by atoms with van der Waals surface area (Å²) in [6.07, 6.45) is 9.75. The van der Waals surface area contributed by atoms with Gasteiger partial charge in [0.15, 0.2) is 17.5 Å². The molecular weight excluding hydrogens is 899 g/mol.